The molecule has 1 N–H and O–H groups in total. The maximum atomic E-state index is 11.1. The number of carbonyl (C=O) groups is 3. The number of carbonyl (C=O) groups excluding carboxylic acids is 3. The summed E-state index contributed by atoms with van der Waals surface area (Å²) in [5.41, 5.74) is -0.180. The Morgan fingerprint density at radius 3 is 2.43 bits per heavy atom. The summed E-state index contributed by atoms with van der Waals surface area (Å²) in [6.07, 6.45) is -0.646. The Morgan fingerprint density at radius 2 is 2.00 bits per heavy atom. The maximum absolute atomic E-state index is 11.1. The molecule has 1 atom stereocenters. The van der Waals surface area contributed by atoms with Gasteiger partial charge in [-0.1, -0.05) is 0 Å². The van der Waals surface area contributed by atoms with Gasteiger partial charge in [-0.25, -0.2) is 0 Å². The molecular weight excluding hydrogens is 190 g/mol. The van der Waals surface area contributed by atoms with Crippen LogP contribution in [0.4, 0.5) is 0 Å². The quantitative estimate of drug-likeness (QED) is 0.515. The molecule has 14 heavy (non-hydrogen) atoms. The molecule has 1 aliphatic rings. The zero-order chi connectivity index (χ0) is 10.9. The first-order valence-corrected chi connectivity index (χ1v) is 3.86. The van der Waals surface area contributed by atoms with Gasteiger partial charge in [0.2, 0.25) is 5.91 Å². The second-order valence-corrected chi connectivity index (χ2v) is 2.94. The molecule has 0 aromatic heterocycles. The van der Waals surface area contributed by atoms with Gasteiger partial charge in [0, 0.05) is 23.7 Å². The molecule has 0 unspecified atom stereocenters. The smallest absolute Gasteiger partial charge is 0.232 e. The predicted molar refractivity (Wildman–Crippen MR) is 39.0 cm³/mol. The first-order chi connectivity index (χ1) is 6.43. The van der Waals surface area contributed by atoms with Gasteiger partial charge in [-0.15, -0.1) is 0 Å². The fourth-order valence-electron chi connectivity index (χ4n) is 1.39. The van der Waals surface area contributed by atoms with Crippen molar-refractivity contribution in [2.75, 3.05) is 0 Å². The minimum Gasteiger partial charge on any atom is -0.550 e. The van der Waals surface area contributed by atoms with Crippen molar-refractivity contribution in [3.63, 3.8) is 0 Å². The summed E-state index contributed by atoms with van der Waals surface area (Å²) in [6, 6.07) is 0. The highest BCUT2D eigenvalue weighted by molar-refractivity contribution is 6.01. The Kier molecular flexibility index (Phi) is 2.55. The number of carboxylic acids is 2. The van der Waals surface area contributed by atoms with Crippen LogP contribution in [0.3, 0.4) is 0 Å². The third-order valence-corrected chi connectivity index (χ3v) is 1.97. The maximum Gasteiger partial charge on any atom is 0.232 e. The van der Waals surface area contributed by atoms with Gasteiger partial charge in [-0.2, -0.15) is 0 Å². The molecule has 0 fully saturated rings. The van der Waals surface area contributed by atoms with Gasteiger partial charge < -0.3 is 25.1 Å². The van der Waals surface area contributed by atoms with Gasteiger partial charge in [0.05, 0.1) is 11.9 Å². The molecule has 0 saturated heterocycles. The first-order valence-electron chi connectivity index (χ1n) is 3.86. The van der Waals surface area contributed by atoms with Crippen molar-refractivity contribution in [1.82, 2.24) is 5.32 Å². The van der Waals surface area contributed by atoms with Crippen LogP contribution in [-0.4, -0.2) is 17.8 Å². The fraction of sp³-hybridized carbons (Fsp3) is 0.375. The van der Waals surface area contributed by atoms with Crippen LogP contribution in [0.15, 0.2) is 11.3 Å². The van der Waals surface area contributed by atoms with Gasteiger partial charge in [0.1, 0.15) is 0 Å². The molecule has 1 aliphatic heterocycles. The third kappa shape index (κ3) is 1.73. The highest BCUT2D eigenvalue weighted by atomic mass is 16.4. The standard InChI is InChI=1S/C8H9NO5/c1-3-6(8(13)14)4(2-5(10)11)7(12)9-3/h4H,2H2,1H3,(H,9,12)(H,10,11)(H,13,14)/p-2/t4-/m0/s1. The number of rotatable bonds is 3. The van der Waals surface area contributed by atoms with Crippen molar-refractivity contribution in [1.29, 1.82) is 0 Å². The van der Waals surface area contributed by atoms with Crippen LogP contribution < -0.4 is 15.5 Å². The summed E-state index contributed by atoms with van der Waals surface area (Å²) in [4.78, 5) is 31.9. The van der Waals surface area contributed by atoms with E-state index in [1.54, 1.807) is 0 Å². The summed E-state index contributed by atoms with van der Waals surface area (Å²) in [5.74, 6) is -4.86. The van der Waals surface area contributed by atoms with Crippen molar-refractivity contribution in [3.05, 3.63) is 11.3 Å². The molecule has 0 radical (unpaired) electrons. The van der Waals surface area contributed by atoms with Gasteiger partial charge in [0.15, 0.2) is 0 Å². The number of carboxylic acid groups (broad SMARTS) is 2. The summed E-state index contributed by atoms with van der Waals surface area (Å²) >= 11 is 0. The van der Waals surface area contributed by atoms with E-state index in [1.165, 1.54) is 6.92 Å². The lowest BCUT2D eigenvalue weighted by atomic mass is 9.97. The largest absolute Gasteiger partial charge is 0.550 e. The topological polar surface area (TPSA) is 109 Å². The van der Waals surface area contributed by atoms with Crippen LogP contribution >= 0.6 is 0 Å². The Hall–Kier alpha value is -1.85. The molecule has 1 rings (SSSR count). The van der Waals surface area contributed by atoms with E-state index in [0.29, 0.717) is 0 Å². The van der Waals surface area contributed by atoms with Gasteiger partial charge >= 0.3 is 0 Å². The van der Waals surface area contributed by atoms with E-state index in [-0.39, 0.29) is 11.3 Å². The Balaban J connectivity index is 2.97. The van der Waals surface area contributed by atoms with E-state index < -0.39 is 30.2 Å². The van der Waals surface area contributed by atoms with Crippen LogP contribution in [0.2, 0.25) is 0 Å². The van der Waals surface area contributed by atoms with E-state index in [1.807, 2.05) is 0 Å². The predicted octanol–water partition coefficient (Wildman–Crippen LogP) is -3.10. The van der Waals surface area contributed by atoms with E-state index in [9.17, 15) is 24.6 Å². The van der Waals surface area contributed by atoms with Crippen LogP contribution in [0, 0.1) is 5.92 Å². The van der Waals surface area contributed by atoms with Crippen LogP contribution in [-0.2, 0) is 14.4 Å². The Bertz CT molecular complexity index is 344. The molecule has 0 aromatic rings. The Morgan fingerprint density at radius 1 is 1.43 bits per heavy atom. The Labute approximate surface area is 79.2 Å². The normalized spacial score (nSPS) is 20.9. The van der Waals surface area contributed by atoms with E-state index in [2.05, 4.69) is 5.32 Å². The number of hydrogen-bond donors (Lipinski definition) is 1. The molecule has 0 saturated carbocycles. The first kappa shape index (κ1) is 10.2. The highest BCUT2D eigenvalue weighted by Crippen LogP contribution is 2.23. The zero-order valence-corrected chi connectivity index (χ0v) is 7.33. The molecule has 6 nitrogen and oxygen atoms in total. The summed E-state index contributed by atoms with van der Waals surface area (Å²) < 4.78 is 0. The number of nitrogens with one attached hydrogen (secondary N) is 1. The van der Waals surface area contributed by atoms with Crippen LogP contribution in [0.5, 0.6) is 0 Å². The van der Waals surface area contributed by atoms with E-state index in [0.717, 1.165) is 0 Å². The minimum atomic E-state index is -1.54. The average Bonchev–Trinajstić information content (AvgIpc) is 2.25. The zero-order valence-electron chi connectivity index (χ0n) is 7.33. The summed E-state index contributed by atoms with van der Waals surface area (Å²) in [7, 11) is 0. The molecular formula is C8H7NO5-2. The molecule has 0 aromatic carbocycles. The van der Waals surface area contributed by atoms with E-state index in [4.69, 9.17) is 0 Å². The number of amides is 1. The number of aliphatic carboxylic acids is 2. The van der Waals surface area contributed by atoms with Crippen molar-refractivity contribution in [3.8, 4) is 0 Å². The third-order valence-electron chi connectivity index (χ3n) is 1.97. The van der Waals surface area contributed by atoms with Gasteiger partial charge in [0.25, 0.3) is 0 Å². The van der Waals surface area contributed by atoms with Crippen molar-refractivity contribution < 1.29 is 24.6 Å². The molecule has 6 heteroatoms. The van der Waals surface area contributed by atoms with Crippen LogP contribution in [0.25, 0.3) is 0 Å². The SMILES string of the molecule is CC1=C(C(=O)[O-])[C@H](CC(=O)[O-])C(=O)N1. The molecule has 0 aliphatic carbocycles. The molecule has 1 heterocycles. The van der Waals surface area contributed by atoms with E-state index >= 15 is 0 Å². The lowest BCUT2D eigenvalue weighted by Crippen LogP contribution is -2.34. The highest BCUT2D eigenvalue weighted by Gasteiger charge is 2.31. The van der Waals surface area contributed by atoms with Gasteiger partial charge in [-0.05, 0) is 6.92 Å². The average molecular weight is 197 g/mol. The second-order valence-electron chi connectivity index (χ2n) is 2.94. The lowest BCUT2D eigenvalue weighted by Gasteiger charge is -2.13. The summed E-state index contributed by atoms with van der Waals surface area (Å²) in [5, 5.41) is 23.1. The number of hydrogen-bond acceptors (Lipinski definition) is 5. The van der Waals surface area contributed by atoms with Crippen LogP contribution in [0.1, 0.15) is 13.3 Å². The molecule has 76 valence electrons. The summed E-state index contributed by atoms with van der Waals surface area (Å²) in [6.45, 7) is 1.37. The number of allylic oxidation sites excluding steroid dienone is 1. The van der Waals surface area contributed by atoms with Crippen molar-refractivity contribution in [2.24, 2.45) is 5.92 Å². The molecule has 1 amide bonds. The second kappa shape index (κ2) is 3.49. The monoisotopic (exact) mass is 197 g/mol. The minimum absolute atomic E-state index is 0.126. The molecule has 0 bridgehead atoms. The van der Waals surface area contributed by atoms with Crippen molar-refractivity contribution >= 4 is 17.8 Å². The molecule has 0 spiro atoms. The van der Waals surface area contributed by atoms with Gasteiger partial charge in [-0.3, -0.25) is 4.79 Å². The van der Waals surface area contributed by atoms with Crippen molar-refractivity contribution in [2.45, 2.75) is 13.3 Å². The fourth-order valence-corrected chi connectivity index (χ4v) is 1.39. The lowest BCUT2D eigenvalue weighted by molar-refractivity contribution is -0.306.